The van der Waals surface area contributed by atoms with Crippen LogP contribution in [0.1, 0.15) is 18.1 Å². The number of ether oxygens (including phenoxy) is 1. The summed E-state index contributed by atoms with van der Waals surface area (Å²) in [4.78, 5) is 11.8. The maximum atomic E-state index is 11.8. The molecule has 1 aliphatic heterocycles. The van der Waals surface area contributed by atoms with E-state index in [1.807, 2.05) is 0 Å². The molecule has 1 aliphatic rings. The lowest BCUT2D eigenvalue weighted by molar-refractivity contribution is -0.125. The number of amides is 1. The summed E-state index contributed by atoms with van der Waals surface area (Å²) in [5.41, 5.74) is 0.584. The van der Waals surface area contributed by atoms with Crippen LogP contribution in [0.25, 0.3) is 0 Å². The number of hydrogen-bond donors (Lipinski definition) is 2. The van der Waals surface area contributed by atoms with Gasteiger partial charge >= 0.3 is 0 Å². The highest BCUT2D eigenvalue weighted by Gasteiger charge is 2.23. The predicted molar refractivity (Wildman–Crippen MR) is 73.4 cm³/mol. The van der Waals surface area contributed by atoms with Crippen LogP contribution in [0.5, 0.6) is 0 Å². The third kappa shape index (κ3) is 4.08. The summed E-state index contributed by atoms with van der Waals surface area (Å²) in [6.45, 7) is 1.20. The molecule has 1 fully saturated rings. The Hall–Kier alpha value is -0.810. The average molecular weight is 304 g/mol. The van der Waals surface area contributed by atoms with Crippen LogP contribution in [-0.2, 0) is 9.53 Å². The van der Waals surface area contributed by atoms with Gasteiger partial charge < -0.3 is 15.2 Å². The smallest absolute Gasteiger partial charge is 0.225 e. The third-order valence-electron chi connectivity index (χ3n) is 3.04. The van der Waals surface area contributed by atoms with Gasteiger partial charge in [-0.25, -0.2) is 0 Å². The molecule has 0 spiro atoms. The van der Waals surface area contributed by atoms with E-state index in [2.05, 4.69) is 5.32 Å². The first-order valence-electron chi connectivity index (χ1n) is 6.06. The Morgan fingerprint density at radius 1 is 1.42 bits per heavy atom. The molecule has 2 atom stereocenters. The normalized spacial score (nSPS) is 20.3. The lowest BCUT2D eigenvalue weighted by Crippen LogP contribution is -2.34. The molecule has 0 bridgehead atoms. The van der Waals surface area contributed by atoms with Gasteiger partial charge in [0.2, 0.25) is 5.91 Å². The summed E-state index contributed by atoms with van der Waals surface area (Å²) in [7, 11) is 0. The van der Waals surface area contributed by atoms with E-state index >= 15 is 0 Å². The second kappa shape index (κ2) is 6.57. The van der Waals surface area contributed by atoms with Gasteiger partial charge in [0.05, 0.1) is 18.6 Å². The molecule has 4 nitrogen and oxygen atoms in total. The summed E-state index contributed by atoms with van der Waals surface area (Å²) < 4.78 is 5.14. The second-order valence-electron chi connectivity index (χ2n) is 4.52. The fourth-order valence-electron chi connectivity index (χ4n) is 1.97. The highest BCUT2D eigenvalue weighted by Crippen LogP contribution is 2.23. The topological polar surface area (TPSA) is 58.6 Å². The SMILES string of the molecule is O=C(NCC(O)c1cc(Cl)cc(Cl)c1)C1CCOC1. The van der Waals surface area contributed by atoms with Gasteiger partial charge in [-0.3, -0.25) is 4.79 Å². The Labute approximate surface area is 121 Å². The van der Waals surface area contributed by atoms with Crippen molar-refractivity contribution < 1.29 is 14.6 Å². The molecule has 104 valence electrons. The monoisotopic (exact) mass is 303 g/mol. The molecule has 0 saturated carbocycles. The van der Waals surface area contributed by atoms with E-state index in [1.54, 1.807) is 18.2 Å². The van der Waals surface area contributed by atoms with Crippen LogP contribution >= 0.6 is 23.2 Å². The van der Waals surface area contributed by atoms with Crippen molar-refractivity contribution in [3.05, 3.63) is 33.8 Å². The summed E-state index contributed by atoms with van der Waals surface area (Å²) in [5, 5.41) is 13.6. The van der Waals surface area contributed by atoms with Gasteiger partial charge in [-0.1, -0.05) is 23.2 Å². The molecule has 0 aliphatic carbocycles. The number of aliphatic hydroxyl groups is 1. The van der Waals surface area contributed by atoms with Gasteiger partial charge in [0.25, 0.3) is 0 Å². The number of nitrogens with one attached hydrogen (secondary N) is 1. The van der Waals surface area contributed by atoms with Crippen molar-refractivity contribution in [1.82, 2.24) is 5.32 Å². The summed E-state index contributed by atoms with van der Waals surface area (Å²) >= 11 is 11.7. The molecule has 2 rings (SSSR count). The number of rotatable bonds is 4. The average Bonchev–Trinajstić information content (AvgIpc) is 2.88. The number of benzene rings is 1. The number of aliphatic hydroxyl groups excluding tert-OH is 1. The van der Waals surface area contributed by atoms with Crippen molar-refractivity contribution in [3.8, 4) is 0 Å². The molecular weight excluding hydrogens is 289 g/mol. The maximum Gasteiger partial charge on any atom is 0.225 e. The quantitative estimate of drug-likeness (QED) is 0.896. The first kappa shape index (κ1) is 14.6. The standard InChI is InChI=1S/C13H15Cl2NO3/c14-10-3-9(4-11(15)5-10)12(17)6-16-13(18)8-1-2-19-7-8/h3-5,8,12,17H,1-2,6-7H2,(H,16,18). The predicted octanol–water partition coefficient (Wildman–Crippen LogP) is 2.18. The van der Waals surface area contributed by atoms with E-state index in [4.69, 9.17) is 27.9 Å². The molecule has 1 saturated heterocycles. The van der Waals surface area contributed by atoms with Crippen molar-refractivity contribution in [3.63, 3.8) is 0 Å². The zero-order chi connectivity index (χ0) is 13.8. The van der Waals surface area contributed by atoms with Gasteiger partial charge in [0, 0.05) is 23.2 Å². The molecule has 0 aromatic heterocycles. The van der Waals surface area contributed by atoms with Gasteiger partial charge in [0.15, 0.2) is 0 Å². The van der Waals surface area contributed by atoms with Crippen molar-refractivity contribution in [1.29, 1.82) is 0 Å². The minimum absolute atomic E-state index is 0.0929. The number of halogens is 2. The fraction of sp³-hybridized carbons (Fsp3) is 0.462. The van der Waals surface area contributed by atoms with Crippen LogP contribution in [-0.4, -0.2) is 30.8 Å². The minimum Gasteiger partial charge on any atom is -0.387 e. The van der Waals surface area contributed by atoms with E-state index in [0.717, 1.165) is 6.42 Å². The molecule has 1 aromatic carbocycles. The molecule has 1 amide bonds. The molecule has 19 heavy (non-hydrogen) atoms. The summed E-state index contributed by atoms with van der Waals surface area (Å²) in [6, 6.07) is 4.85. The lowest BCUT2D eigenvalue weighted by Gasteiger charge is -2.14. The Kier molecular flexibility index (Phi) is 5.05. The van der Waals surface area contributed by atoms with Crippen molar-refractivity contribution in [2.24, 2.45) is 5.92 Å². The van der Waals surface area contributed by atoms with Crippen molar-refractivity contribution in [2.75, 3.05) is 19.8 Å². The lowest BCUT2D eigenvalue weighted by atomic mass is 10.1. The summed E-state index contributed by atoms with van der Waals surface area (Å²) in [5.74, 6) is -0.208. The van der Waals surface area contributed by atoms with Gasteiger partial charge in [-0.2, -0.15) is 0 Å². The highest BCUT2D eigenvalue weighted by molar-refractivity contribution is 6.34. The van der Waals surface area contributed by atoms with Gasteiger partial charge in [-0.15, -0.1) is 0 Å². The first-order valence-corrected chi connectivity index (χ1v) is 6.81. The van der Waals surface area contributed by atoms with Crippen LogP contribution in [0.2, 0.25) is 10.0 Å². The third-order valence-corrected chi connectivity index (χ3v) is 3.48. The Bertz CT molecular complexity index is 441. The number of carbonyl (C=O) groups excluding carboxylic acids is 1. The number of carbonyl (C=O) groups is 1. The van der Waals surface area contributed by atoms with Gasteiger partial charge in [0.1, 0.15) is 0 Å². The fourth-order valence-corrected chi connectivity index (χ4v) is 2.51. The zero-order valence-corrected chi connectivity index (χ0v) is 11.7. The van der Waals surface area contributed by atoms with E-state index in [-0.39, 0.29) is 18.4 Å². The molecule has 0 radical (unpaired) electrons. The molecule has 2 N–H and O–H groups in total. The van der Waals surface area contributed by atoms with E-state index in [9.17, 15) is 9.90 Å². The van der Waals surface area contributed by atoms with Crippen molar-refractivity contribution in [2.45, 2.75) is 12.5 Å². The van der Waals surface area contributed by atoms with Crippen LogP contribution in [0.3, 0.4) is 0 Å². The Morgan fingerprint density at radius 3 is 2.68 bits per heavy atom. The van der Waals surface area contributed by atoms with E-state index < -0.39 is 6.10 Å². The van der Waals surface area contributed by atoms with Crippen LogP contribution < -0.4 is 5.32 Å². The van der Waals surface area contributed by atoms with E-state index in [1.165, 1.54) is 0 Å². The van der Waals surface area contributed by atoms with Crippen molar-refractivity contribution >= 4 is 29.1 Å². The molecule has 6 heteroatoms. The minimum atomic E-state index is -0.831. The van der Waals surface area contributed by atoms with Crippen LogP contribution in [0.15, 0.2) is 18.2 Å². The number of hydrogen-bond acceptors (Lipinski definition) is 3. The Balaban J connectivity index is 1.89. The first-order chi connectivity index (χ1) is 9.06. The van der Waals surface area contributed by atoms with Crippen LogP contribution in [0, 0.1) is 5.92 Å². The largest absolute Gasteiger partial charge is 0.387 e. The maximum absolute atomic E-state index is 11.8. The molecule has 1 aromatic rings. The van der Waals surface area contributed by atoms with Crippen LogP contribution in [0.4, 0.5) is 0 Å². The summed E-state index contributed by atoms with van der Waals surface area (Å²) in [6.07, 6.45) is -0.104. The van der Waals surface area contributed by atoms with Gasteiger partial charge in [-0.05, 0) is 30.2 Å². The van der Waals surface area contributed by atoms with E-state index in [0.29, 0.717) is 28.8 Å². The zero-order valence-electron chi connectivity index (χ0n) is 10.2. The highest BCUT2D eigenvalue weighted by atomic mass is 35.5. The second-order valence-corrected chi connectivity index (χ2v) is 5.40. The Morgan fingerprint density at radius 2 is 2.11 bits per heavy atom. The molecule has 2 unspecified atom stereocenters. The molecular formula is C13H15Cl2NO3. The molecule has 1 heterocycles.